The molecule has 1 saturated heterocycles. The number of anilines is 1. The summed E-state index contributed by atoms with van der Waals surface area (Å²) in [5.41, 5.74) is 0.418. The van der Waals surface area contributed by atoms with Gasteiger partial charge in [0, 0.05) is 25.0 Å². The summed E-state index contributed by atoms with van der Waals surface area (Å²) in [6.07, 6.45) is 5.63. The lowest BCUT2D eigenvalue weighted by atomic mass is 9.66. The van der Waals surface area contributed by atoms with Gasteiger partial charge in [0.25, 0.3) is 0 Å². The number of nitrogens with zero attached hydrogens (tertiary/aromatic N) is 3. The van der Waals surface area contributed by atoms with Crippen LogP contribution in [0, 0.1) is 11.3 Å². The first-order valence-electron chi connectivity index (χ1n) is 7.85. The maximum atomic E-state index is 12.6. The van der Waals surface area contributed by atoms with Crippen molar-refractivity contribution in [2.75, 3.05) is 18.9 Å². The molecule has 2 fully saturated rings. The van der Waals surface area contributed by atoms with Gasteiger partial charge in [-0.15, -0.1) is 10.2 Å². The van der Waals surface area contributed by atoms with Crippen molar-refractivity contribution in [3.63, 3.8) is 0 Å². The fraction of sp³-hybridized carbons (Fsp3) is 0.800. The molecule has 1 aromatic heterocycles. The van der Waals surface area contributed by atoms with Crippen LogP contribution in [0.2, 0.25) is 0 Å². The standard InChI is InChI=1S/C15H24N4OS/c1-10(2)13-15(6-4-5-7-15)9-19(13)12(20)8-11-17-18-14(16-3)21-11/h10,13H,4-9H2,1-3H3,(H,16,18). The molecular weight excluding hydrogens is 284 g/mol. The average Bonchev–Trinajstić information content (AvgIpc) is 3.05. The van der Waals surface area contributed by atoms with Gasteiger partial charge in [-0.25, -0.2) is 0 Å². The highest BCUT2D eigenvalue weighted by atomic mass is 32.1. The molecule has 1 N–H and O–H groups in total. The lowest BCUT2D eigenvalue weighted by Gasteiger charge is -2.58. The third-order valence-electron chi connectivity index (χ3n) is 4.98. The third kappa shape index (κ3) is 2.54. The molecule has 2 aliphatic rings. The summed E-state index contributed by atoms with van der Waals surface area (Å²) in [7, 11) is 1.82. The van der Waals surface area contributed by atoms with Crippen molar-refractivity contribution in [2.24, 2.45) is 11.3 Å². The smallest absolute Gasteiger partial charge is 0.229 e. The molecule has 1 aromatic rings. The zero-order valence-electron chi connectivity index (χ0n) is 13.1. The molecule has 1 spiro atoms. The molecule has 1 aliphatic carbocycles. The second kappa shape index (κ2) is 5.55. The Morgan fingerprint density at radius 2 is 2.14 bits per heavy atom. The van der Waals surface area contributed by atoms with Gasteiger partial charge in [0.1, 0.15) is 5.01 Å². The van der Waals surface area contributed by atoms with Crippen molar-refractivity contribution in [1.82, 2.24) is 15.1 Å². The molecule has 0 radical (unpaired) electrons. The number of aromatic nitrogens is 2. The van der Waals surface area contributed by atoms with Gasteiger partial charge in [0.05, 0.1) is 6.42 Å². The topological polar surface area (TPSA) is 58.1 Å². The number of carbonyl (C=O) groups is 1. The number of hydrogen-bond donors (Lipinski definition) is 1. The Hall–Kier alpha value is -1.17. The first kappa shape index (κ1) is 14.8. The zero-order chi connectivity index (χ0) is 15.0. The Labute approximate surface area is 130 Å². The van der Waals surface area contributed by atoms with E-state index in [1.54, 1.807) is 0 Å². The summed E-state index contributed by atoms with van der Waals surface area (Å²) in [5, 5.41) is 12.6. The molecule has 116 valence electrons. The van der Waals surface area contributed by atoms with Crippen molar-refractivity contribution in [1.29, 1.82) is 0 Å². The van der Waals surface area contributed by atoms with Gasteiger partial charge in [0.2, 0.25) is 11.0 Å². The summed E-state index contributed by atoms with van der Waals surface area (Å²) in [6.45, 7) is 5.44. The van der Waals surface area contributed by atoms with Gasteiger partial charge in [-0.2, -0.15) is 0 Å². The number of amides is 1. The van der Waals surface area contributed by atoms with E-state index in [0.29, 0.717) is 23.8 Å². The molecule has 1 atom stereocenters. The predicted octanol–water partition coefficient (Wildman–Crippen LogP) is 2.55. The number of nitrogens with one attached hydrogen (secondary N) is 1. The SMILES string of the molecule is CNc1nnc(CC(=O)N2CC3(CCCC3)C2C(C)C)s1. The van der Waals surface area contributed by atoms with E-state index in [4.69, 9.17) is 0 Å². The van der Waals surface area contributed by atoms with Gasteiger partial charge >= 0.3 is 0 Å². The fourth-order valence-corrected chi connectivity index (χ4v) is 4.93. The van der Waals surface area contributed by atoms with Crippen LogP contribution in [0.5, 0.6) is 0 Å². The molecular formula is C15H24N4OS. The van der Waals surface area contributed by atoms with E-state index < -0.39 is 0 Å². The molecule has 21 heavy (non-hydrogen) atoms. The highest BCUT2D eigenvalue weighted by Crippen LogP contribution is 2.52. The first-order valence-corrected chi connectivity index (χ1v) is 8.67. The Balaban J connectivity index is 1.67. The Bertz CT molecular complexity index is 521. The second-order valence-corrected chi connectivity index (χ2v) is 7.77. The van der Waals surface area contributed by atoms with E-state index in [1.165, 1.54) is 37.0 Å². The van der Waals surface area contributed by atoms with Crippen molar-refractivity contribution >= 4 is 22.4 Å². The Kier molecular flexibility index (Phi) is 3.90. The summed E-state index contributed by atoms with van der Waals surface area (Å²) >= 11 is 1.47. The van der Waals surface area contributed by atoms with E-state index in [1.807, 2.05) is 7.05 Å². The molecule has 3 rings (SSSR count). The van der Waals surface area contributed by atoms with Crippen molar-refractivity contribution < 1.29 is 4.79 Å². The molecule has 1 unspecified atom stereocenters. The lowest BCUT2D eigenvalue weighted by Crippen LogP contribution is -2.67. The minimum Gasteiger partial charge on any atom is -0.363 e. The molecule has 6 heteroatoms. The van der Waals surface area contributed by atoms with Gasteiger partial charge in [0.15, 0.2) is 0 Å². The van der Waals surface area contributed by atoms with Gasteiger partial charge in [-0.05, 0) is 18.8 Å². The minimum atomic E-state index is 0.213. The predicted molar refractivity (Wildman–Crippen MR) is 84.4 cm³/mol. The number of hydrogen-bond acceptors (Lipinski definition) is 5. The maximum absolute atomic E-state index is 12.6. The maximum Gasteiger partial charge on any atom is 0.229 e. The highest BCUT2D eigenvalue weighted by molar-refractivity contribution is 7.15. The van der Waals surface area contributed by atoms with E-state index in [0.717, 1.165) is 16.7 Å². The normalized spacial score (nSPS) is 23.6. The number of rotatable bonds is 4. The van der Waals surface area contributed by atoms with Crippen LogP contribution in [0.3, 0.4) is 0 Å². The van der Waals surface area contributed by atoms with Crippen LogP contribution >= 0.6 is 11.3 Å². The number of carbonyl (C=O) groups excluding carboxylic acids is 1. The minimum absolute atomic E-state index is 0.213. The average molecular weight is 308 g/mol. The Morgan fingerprint density at radius 3 is 2.71 bits per heavy atom. The van der Waals surface area contributed by atoms with Crippen LogP contribution in [0.25, 0.3) is 0 Å². The third-order valence-corrected chi connectivity index (χ3v) is 5.92. The summed E-state index contributed by atoms with van der Waals surface area (Å²) in [4.78, 5) is 14.7. The largest absolute Gasteiger partial charge is 0.363 e. The summed E-state index contributed by atoms with van der Waals surface area (Å²) in [6, 6.07) is 0.421. The van der Waals surface area contributed by atoms with Crippen LogP contribution in [-0.2, 0) is 11.2 Å². The van der Waals surface area contributed by atoms with Crippen LogP contribution in [0.1, 0.15) is 44.5 Å². The van der Waals surface area contributed by atoms with Crippen LogP contribution in [0.4, 0.5) is 5.13 Å². The van der Waals surface area contributed by atoms with E-state index in [9.17, 15) is 4.79 Å². The lowest BCUT2D eigenvalue weighted by molar-refractivity contribution is -0.158. The number of likely N-dealkylation sites (tertiary alicyclic amines) is 1. The molecule has 1 saturated carbocycles. The van der Waals surface area contributed by atoms with E-state index >= 15 is 0 Å². The quantitative estimate of drug-likeness (QED) is 0.928. The molecule has 0 aromatic carbocycles. The molecule has 1 aliphatic heterocycles. The van der Waals surface area contributed by atoms with Crippen LogP contribution in [0.15, 0.2) is 0 Å². The zero-order valence-corrected chi connectivity index (χ0v) is 13.9. The van der Waals surface area contributed by atoms with Crippen LogP contribution in [-0.4, -0.2) is 40.6 Å². The van der Waals surface area contributed by atoms with Crippen molar-refractivity contribution in [2.45, 2.75) is 52.0 Å². The van der Waals surface area contributed by atoms with Gasteiger partial charge in [-0.1, -0.05) is 38.0 Å². The second-order valence-electron chi connectivity index (χ2n) is 6.71. The Morgan fingerprint density at radius 1 is 1.43 bits per heavy atom. The van der Waals surface area contributed by atoms with Crippen LogP contribution < -0.4 is 5.32 Å². The molecule has 5 nitrogen and oxygen atoms in total. The summed E-state index contributed by atoms with van der Waals surface area (Å²) in [5.74, 6) is 0.744. The summed E-state index contributed by atoms with van der Waals surface area (Å²) < 4.78 is 0. The monoisotopic (exact) mass is 308 g/mol. The molecule has 2 heterocycles. The van der Waals surface area contributed by atoms with E-state index in [2.05, 4.69) is 34.3 Å². The van der Waals surface area contributed by atoms with Crippen molar-refractivity contribution in [3.05, 3.63) is 5.01 Å². The van der Waals surface area contributed by atoms with Crippen molar-refractivity contribution in [3.8, 4) is 0 Å². The molecule has 1 amide bonds. The molecule has 0 bridgehead atoms. The first-order chi connectivity index (χ1) is 10.1. The fourth-order valence-electron chi connectivity index (χ4n) is 4.25. The van der Waals surface area contributed by atoms with Gasteiger partial charge < -0.3 is 10.2 Å². The van der Waals surface area contributed by atoms with E-state index in [-0.39, 0.29) is 5.91 Å². The highest BCUT2D eigenvalue weighted by Gasteiger charge is 2.55. The van der Waals surface area contributed by atoms with Gasteiger partial charge in [-0.3, -0.25) is 4.79 Å².